The Bertz CT molecular complexity index is 880. The van der Waals surface area contributed by atoms with E-state index in [2.05, 4.69) is 36.0 Å². The number of rotatable bonds is 6. The Labute approximate surface area is 154 Å². The average molecular weight is 364 g/mol. The molecular formula is C17H16N8O2. The van der Waals surface area contributed by atoms with Crippen molar-refractivity contribution in [3.63, 3.8) is 0 Å². The van der Waals surface area contributed by atoms with Gasteiger partial charge in [-0.3, -0.25) is 0 Å². The van der Waals surface area contributed by atoms with E-state index >= 15 is 0 Å². The molecule has 0 saturated heterocycles. The van der Waals surface area contributed by atoms with Crippen molar-refractivity contribution >= 4 is 30.3 Å². The van der Waals surface area contributed by atoms with Crippen LogP contribution in [0.3, 0.4) is 0 Å². The molecule has 10 nitrogen and oxygen atoms in total. The van der Waals surface area contributed by atoms with Gasteiger partial charge in [-0.25, -0.2) is 10.9 Å². The van der Waals surface area contributed by atoms with Gasteiger partial charge >= 0.3 is 0 Å². The molecular weight excluding hydrogens is 348 g/mol. The van der Waals surface area contributed by atoms with Crippen molar-refractivity contribution in [1.82, 2.24) is 15.0 Å². The van der Waals surface area contributed by atoms with Gasteiger partial charge in [-0.15, -0.1) is 0 Å². The number of hydrogen-bond donors (Lipinski definition) is 5. The second kappa shape index (κ2) is 8.25. The Morgan fingerprint density at radius 2 is 1.11 bits per heavy atom. The lowest BCUT2D eigenvalue weighted by Crippen LogP contribution is -2.06. The minimum atomic E-state index is -0.00494. The normalized spacial score (nSPS) is 11.1. The molecule has 0 saturated carbocycles. The Kier molecular flexibility index (Phi) is 5.38. The summed E-state index contributed by atoms with van der Waals surface area (Å²) in [6.45, 7) is 0. The van der Waals surface area contributed by atoms with E-state index < -0.39 is 0 Å². The highest BCUT2D eigenvalue weighted by Gasteiger charge is 2.02. The molecule has 10 heteroatoms. The van der Waals surface area contributed by atoms with Crippen LogP contribution in [0.15, 0.2) is 58.7 Å². The lowest BCUT2D eigenvalue weighted by Gasteiger charge is -2.03. The van der Waals surface area contributed by atoms with Crippen LogP contribution in [0.25, 0.3) is 0 Å². The van der Waals surface area contributed by atoms with Crippen molar-refractivity contribution in [3.05, 3.63) is 59.7 Å². The molecule has 27 heavy (non-hydrogen) atoms. The number of nitrogens with two attached hydrogens (primary N) is 1. The molecule has 0 bridgehead atoms. The van der Waals surface area contributed by atoms with Crippen molar-refractivity contribution < 1.29 is 10.2 Å². The summed E-state index contributed by atoms with van der Waals surface area (Å²) < 4.78 is 0. The maximum atomic E-state index is 9.25. The average Bonchev–Trinajstić information content (AvgIpc) is 2.65. The zero-order chi connectivity index (χ0) is 19.1. The molecule has 3 rings (SSSR count). The van der Waals surface area contributed by atoms with Gasteiger partial charge in [-0.05, 0) is 59.7 Å². The van der Waals surface area contributed by atoms with Crippen molar-refractivity contribution in [2.24, 2.45) is 10.2 Å². The van der Waals surface area contributed by atoms with Crippen LogP contribution in [0, 0.1) is 0 Å². The third-order valence-electron chi connectivity index (χ3n) is 3.20. The van der Waals surface area contributed by atoms with E-state index in [4.69, 9.17) is 5.73 Å². The Morgan fingerprint density at radius 1 is 0.704 bits per heavy atom. The lowest BCUT2D eigenvalue weighted by atomic mass is 10.2. The summed E-state index contributed by atoms with van der Waals surface area (Å²) in [7, 11) is 0. The molecule has 0 amide bonds. The van der Waals surface area contributed by atoms with Crippen LogP contribution in [0.1, 0.15) is 11.1 Å². The smallest absolute Gasteiger partial charge is 0.250 e. The van der Waals surface area contributed by atoms with Gasteiger partial charge in [-0.1, -0.05) is 0 Å². The maximum absolute atomic E-state index is 9.25. The Balaban J connectivity index is 1.63. The quantitative estimate of drug-likeness (QED) is 0.327. The van der Waals surface area contributed by atoms with E-state index in [0.717, 1.165) is 11.1 Å². The zero-order valence-electron chi connectivity index (χ0n) is 14.0. The number of phenols is 2. The van der Waals surface area contributed by atoms with Crippen LogP contribution in [0.2, 0.25) is 0 Å². The zero-order valence-corrected chi connectivity index (χ0v) is 14.0. The first-order chi connectivity index (χ1) is 13.1. The summed E-state index contributed by atoms with van der Waals surface area (Å²) in [5.41, 5.74) is 12.5. The number of hydrazone groups is 2. The van der Waals surface area contributed by atoms with Crippen molar-refractivity contribution in [3.8, 4) is 11.5 Å². The third-order valence-corrected chi connectivity index (χ3v) is 3.20. The molecule has 6 N–H and O–H groups in total. The van der Waals surface area contributed by atoms with Crippen LogP contribution in [-0.2, 0) is 0 Å². The highest BCUT2D eigenvalue weighted by Crippen LogP contribution is 2.10. The topological polar surface area (TPSA) is 154 Å². The summed E-state index contributed by atoms with van der Waals surface area (Å²) >= 11 is 0. The van der Waals surface area contributed by atoms with Crippen LogP contribution in [0.4, 0.5) is 17.8 Å². The molecule has 0 fully saturated rings. The number of anilines is 3. The number of benzene rings is 2. The Morgan fingerprint density at radius 3 is 1.52 bits per heavy atom. The number of phenolic OH excluding ortho intramolecular Hbond substituents is 2. The number of aromatic hydroxyl groups is 2. The van der Waals surface area contributed by atoms with Crippen LogP contribution in [-0.4, -0.2) is 37.6 Å². The van der Waals surface area contributed by atoms with Gasteiger partial charge in [0.1, 0.15) is 11.5 Å². The van der Waals surface area contributed by atoms with Gasteiger partial charge in [0, 0.05) is 0 Å². The predicted molar refractivity (Wildman–Crippen MR) is 103 cm³/mol. The molecule has 0 aliphatic heterocycles. The molecule has 2 aromatic carbocycles. The van der Waals surface area contributed by atoms with Gasteiger partial charge < -0.3 is 15.9 Å². The fraction of sp³-hybridized carbons (Fsp3) is 0. The van der Waals surface area contributed by atoms with Gasteiger partial charge in [0.15, 0.2) is 0 Å². The van der Waals surface area contributed by atoms with Crippen LogP contribution < -0.4 is 16.6 Å². The maximum Gasteiger partial charge on any atom is 0.250 e. The third kappa shape index (κ3) is 5.39. The summed E-state index contributed by atoms with van der Waals surface area (Å²) in [6, 6.07) is 13.0. The van der Waals surface area contributed by atoms with Gasteiger partial charge in [0.25, 0.3) is 0 Å². The fourth-order valence-corrected chi connectivity index (χ4v) is 1.94. The molecule has 3 aromatic rings. The van der Waals surface area contributed by atoms with E-state index in [1.165, 1.54) is 12.4 Å². The molecule has 0 atom stereocenters. The minimum absolute atomic E-state index is 0.00494. The summed E-state index contributed by atoms with van der Waals surface area (Å²) in [5.74, 6) is 0.622. The molecule has 0 radical (unpaired) electrons. The number of nitrogens with zero attached hydrogens (tertiary/aromatic N) is 5. The Hall–Kier alpha value is -4.21. The molecule has 0 unspecified atom stereocenters. The van der Waals surface area contributed by atoms with E-state index in [1.807, 2.05) is 0 Å². The van der Waals surface area contributed by atoms with Gasteiger partial charge in [0.05, 0.1) is 12.4 Å². The van der Waals surface area contributed by atoms with Crippen molar-refractivity contribution in [1.29, 1.82) is 0 Å². The predicted octanol–water partition coefficient (Wildman–Crippen LogP) is 1.76. The largest absolute Gasteiger partial charge is 0.508 e. The number of hydrogen-bond acceptors (Lipinski definition) is 10. The molecule has 136 valence electrons. The minimum Gasteiger partial charge on any atom is -0.508 e. The van der Waals surface area contributed by atoms with Gasteiger partial charge in [0.2, 0.25) is 17.8 Å². The van der Waals surface area contributed by atoms with E-state index in [-0.39, 0.29) is 29.3 Å². The molecule has 0 aliphatic carbocycles. The fourth-order valence-electron chi connectivity index (χ4n) is 1.94. The van der Waals surface area contributed by atoms with E-state index in [9.17, 15) is 10.2 Å². The van der Waals surface area contributed by atoms with E-state index in [1.54, 1.807) is 48.5 Å². The molecule has 0 aliphatic rings. The number of nitrogens with one attached hydrogen (secondary N) is 2. The molecule has 0 spiro atoms. The second-order valence-corrected chi connectivity index (χ2v) is 5.26. The molecule has 1 aromatic heterocycles. The van der Waals surface area contributed by atoms with Gasteiger partial charge in [-0.2, -0.15) is 25.2 Å². The first-order valence-corrected chi connectivity index (χ1v) is 7.76. The van der Waals surface area contributed by atoms with Crippen LogP contribution in [0.5, 0.6) is 11.5 Å². The SMILES string of the molecule is Nc1nc(NN=Cc2ccc(O)cc2)nc(NN=Cc2ccc(O)cc2)n1. The number of aromatic nitrogens is 3. The number of nitrogen functional groups attached to an aromatic ring is 1. The highest BCUT2D eigenvalue weighted by atomic mass is 16.3. The monoisotopic (exact) mass is 364 g/mol. The standard InChI is InChI=1S/C17H16N8O2/c18-15-21-16(24-19-9-11-1-5-13(26)6-2-11)23-17(22-15)25-20-10-12-3-7-14(27)8-4-12/h1-10,26-27H,(H4,18,21,22,23,24,25). The lowest BCUT2D eigenvalue weighted by molar-refractivity contribution is 0.475. The summed E-state index contributed by atoms with van der Waals surface area (Å²) in [4.78, 5) is 11.9. The van der Waals surface area contributed by atoms with Crippen molar-refractivity contribution in [2.45, 2.75) is 0 Å². The first kappa shape index (κ1) is 17.6. The van der Waals surface area contributed by atoms with Crippen LogP contribution >= 0.6 is 0 Å². The summed E-state index contributed by atoms with van der Waals surface area (Å²) in [5, 5.41) is 26.5. The van der Waals surface area contributed by atoms with E-state index in [0.29, 0.717) is 0 Å². The first-order valence-electron chi connectivity index (χ1n) is 7.76. The second-order valence-electron chi connectivity index (χ2n) is 5.26. The summed E-state index contributed by atoms with van der Waals surface area (Å²) in [6.07, 6.45) is 3.07. The molecule has 1 heterocycles. The van der Waals surface area contributed by atoms with Crippen molar-refractivity contribution in [2.75, 3.05) is 16.6 Å². The highest BCUT2D eigenvalue weighted by molar-refractivity contribution is 5.80.